The number of amides is 2. The first-order chi connectivity index (χ1) is 16.3. The van der Waals surface area contributed by atoms with Crippen molar-refractivity contribution in [2.75, 3.05) is 26.3 Å². The van der Waals surface area contributed by atoms with Gasteiger partial charge < -0.3 is 25.2 Å². The quantitative estimate of drug-likeness (QED) is 0.542. The Bertz CT molecular complexity index is 1050. The molecule has 2 aliphatic rings. The van der Waals surface area contributed by atoms with Crippen molar-refractivity contribution in [3.63, 3.8) is 0 Å². The SMILES string of the molecule is O=C(NCC(F)(F)C(=O)NCC1CCOC1C(=O)O)OCC1c2ccccc2-c2ccccc21. The van der Waals surface area contributed by atoms with Gasteiger partial charge in [-0.25, -0.2) is 9.59 Å². The van der Waals surface area contributed by atoms with Crippen LogP contribution in [0, 0.1) is 5.92 Å². The van der Waals surface area contributed by atoms with Crippen LogP contribution in [0.3, 0.4) is 0 Å². The number of fused-ring (bicyclic) bond motifs is 3. The third-order valence-electron chi connectivity index (χ3n) is 6.11. The van der Waals surface area contributed by atoms with E-state index in [-0.39, 0.29) is 25.7 Å². The van der Waals surface area contributed by atoms with Gasteiger partial charge in [-0.3, -0.25) is 4.79 Å². The summed E-state index contributed by atoms with van der Waals surface area (Å²) >= 11 is 0. The Kier molecular flexibility index (Phi) is 6.78. The zero-order valence-corrected chi connectivity index (χ0v) is 18.1. The number of ether oxygens (including phenoxy) is 2. The minimum absolute atomic E-state index is 0.0457. The predicted molar refractivity (Wildman–Crippen MR) is 117 cm³/mol. The molecule has 0 bridgehead atoms. The molecule has 8 nitrogen and oxygen atoms in total. The summed E-state index contributed by atoms with van der Waals surface area (Å²) in [5, 5.41) is 13.0. The Morgan fingerprint density at radius 1 is 1.03 bits per heavy atom. The minimum Gasteiger partial charge on any atom is -0.479 e. The largest absolute Gasteiger partial charge is 0.479 e. The molecule has 0 aromatic heterocycles. The number of carbonyl (C=O) groups excluding carboxylic acids is 2. The number of nitrogens with one attached hydrogen (secondary N) is 2. The van der Waals surface area contributed by atoms with Crippen LogP contribution in [-0.4, -0.2) is 61.4 Å². The molecule has 2 atom stereocenters. The van der Waals surface area contributed by atoms with Crippen molar-refractivity contribution in [2.45, 2.75) is 24.4 Å². The average Bonchev–Trinajstić information content (AvgIpc) is 3.43. The zero-order chi connectivity index (χ0) is 24.3. The van der Waals surface area contributed by atoms with Crippen molar-refractivity contribution in [1.29, 1.82) is 0 Å². The molecule has 2 aromatic rings. The van der Waals surface area contributed by atoms with E-state index in [1.54, 1.807) is 0 Å². The molecule has 3 N–H and O–H groups in total. The molecule has 34 heavy (non-hydrogen) atoms. The Morgan fingerprint density at radius 3 is 2.26 bits per heavy atom. The summed E-state index contributed by atoms with van der Waals surface area (Å²) in [6, 6.07) is 15.4. The average molecular weight is 474 g/mol. The Labute approximate surface area is 194 Å². The van der Waals surface area contributed by atoms with Gasteiger partial charge >= 0.3 is 18.0 Å². The van der Waals surface area contributed by atoms with Gasteiger partial charge in [0.05, 0.1) is 6.54 Å². The van der Waals surface area contributed by atoms with E-state index in [2.05, 4.69) is 0 Å². The molecule has 1 saturated heterocycles. The van der Waals surface area contributed by atoms with Crippen LogP contribution in [-0.2, 0) is 19.1 Å². The van der Waals surface area contributed by atoms with Crippen LogP contribution in [0.4, 0.5) is 13.6 Å². The fraction of sp³-hybridized carbons (Fsp3) is 0.375. The number of alkyl halides is 2. The number of halogens is 2. The van der Waals surface area contributed by atoms with Crippen molar-refractivity contribution in [2.24, 2.45) is 5.92 Å². The molecular formula is C24H24F2N2O6. The van der Waals surface area contributed by atoms with Gasteiger partial charge in [0.15, 0.2) is 6.10 Å². The summed E-state index contributed by atoms with van der Waals surface area (Å²) in [4.78, 5) is 35.1. The summed E-state index contributed by atoms with van der Waals surface area (Å²) in [6.07, 6.45) is -1.88. The van der Waals surface area contributed by atoms with Gasteiger partial charge in [-0.1, -0.05) is 48.5 Å². The highest BCUT2D eigenvalue weighted by atomic mass is 19.3. The molecule has 10 heteroatoms. The molecule has 1 fully saturated rings. The summed E-state index contributed by atoms with van der Waals surface area (Å²) in [6.45, 7) is -1.39. The standard InChI is InChI=1S/C24H24F2N2O6/c25-24(26,22(31)27-11-14-9-10-33-20(14)21(29)30)13-28-23(32)34-12-19-17-7-3-1-5-15(17)16-6-2-4-8-18(16)19/h1-8,14,19-20H,9-13H2,(H,27,31)(H,28,32)(H,29,30). The number of hydrogen-bond donors (Lipinski definition) is 3. The number of carbonyl (C=O) groups is 3. The summed E-state index contributed by atoms with van der Waals surface area (Å²) in [5.41, 5.74) is 4.04. The second-order valence-corrected chi connectivity index (χ2v) is 8.27. The van der Waals surface area contributed by atoms with E-state index in [0.717, 1.165) is 22.3 Å². The number of hydrogen-bond acceptors (Lipinski definition) is 5. The number of alkyl carbamates (subject to hydrolysis) is 1. The van der Waals surface area contributed by atoms with E-state index in [9.17, 15) is 23.2 Å². The lowest BCUT2D eigenvalue weighted by atomic mass is 9.98. The van der Waals surface area contributed by atoms with E-state index >= 15 is 0 Å². The molecule has 1 aliphatic carbocycles. The van der Waals surface area contributed by atoms with Crippen molar-refractivity contribution in [3.05, 3.63) is 59.7 Å². The van der Waals surface area contributed by atoms with Crippen LogP contribution in [0.5, 0.6) is 0 Å². The van der Waals surface area contributed by atoms with Crippen LogP contribution < -0.4 is 10.6 Å². The van der Waals surface area contributed by atoms with Gasteiger partial charge in [-0.15, -0.1) is 0 Å². The maximum absolute atomic E-state index is 14.2. The highest BCUT2D eigenvalue weighted by Crippen LogP contribution is 2.44. The van der Waals surface area contributed by atoms with Crippen molar-refractivity contribution in [3.8, 4) is 11.1 Å². The number of rotatable bonds is 8. The first-order valence-electron chi connectivity index (χ1n) is 10.9. The number of carboxylic acid groups (broad SMARTS) is 1. The molecule has 2 amide bonds. The van der Waals surface area contributed by atoms with Gasteiger partial charge in [0.1, 0.15) is 6.61 Å². The molecule has 0 radical (unpaired) electrons. The molecular weight excluding hydrogens is 450 g/mol. The first kappa shape index (κ1) is 23.6. The maximum Gasteiger partial charge on any atom is 0.407 e. The second-order valence-electron chi connectivity index (χ2n) is 8.27. The van der Waals surface area contributed by atoms with Gasteiger partial charge in [0.25, 0.3) is 5.91 Å². The number of benzene rings is 2. The fourth-order valence-corrected chi connectivity index (χ4v) is 4.38. The summed E-state index contributed by atoms with van der Waals surface area (Å²) in [5.74, 6) is -7.54. The van der Waals surface area contributed by atoms with E-state index in [1.165, 1.54) is 0 Å². The maximum atomic E-state index is 14.2. The Hall–Kier alpha value is -3.53. The topological polar surface area (TPSA) is 114 Å². The molecule has 1 heterocycles. The normalized spacial score (nSPS) is 19.2. The predicted octanol–water partition coefficient (Wildman–Crippen LogP) is 2.77. The van der Waals surface area contributed by atoms with Crippen LogP contribution in [0.2, 0.25) is 0 Å². The molecule has 180 valence electrons. The van der Waals surface area contributed by atoms with E-state index < -0.39 is 42.5 Å². The van der Waals surface area contributed by atoms with Crippen molar-refractivity contribution < 1.29 is 37.7 Å². The third-order valence-corrected chi connectivity index (χ3v) is 6.11. The van der Waals surface area contributed by atoms with Crippen LogP contribution >= 0.6 is 0 Å². The lowest BCUT2D eigenvalue weighted by Crippen LogP contribution is -2.49. The van der Waals surface area contributed by atoms with E-state index in [1.807, 2.05) is 59.2 Å². The van der Waals surface area contributed by atoms with Crippen molar-refractivity contribution >= 4 is 18.0 Å². The Balaban J connectivity index is 1.27. The first-order valence-corrected chi connectivity index (χ1v) is 10.9. The van der Waals surface area contributed by atoms with Gasteiger partial charge in [0.2, 0.25) is 0 Å². The lowest BCUT2D eigenvalue weighted by Gasteiger charge is -2.20. The monoisotopic (exact) mass is 474 g/mol. The van der Waals surface area contributed by atoms with Gasteiger partial charge in [0, 0.05) is 25.0 Å². The fourth-order valence-electron chi connectivity index (χ4n) is 4.38. The van der Waals surface area contributed by atoms with Crippen LogP contribution in [0.15, 0.2) is 48.5 Å². The summed E-state index contributed by atoms with van der Waals surface area (Å²) in [7, 11) is 0. The second kappa shape index (κ2) is 9.76. The zero-order valence-electron chi connectivity index (χ0n) is 18.1. The molecule has 2 unspecified atom stereocenters. The number of aliphatic carboxylic acids is 1. The molecule has 0 spiro atoms. The van der Waals surface area contributed by atoms with Crippen LogP contribution in [0.1, 0.15) is 23.5 Å². The highest BCUT2D eigenvalue weighted by molar-refractivity contribution is 5.84. The van der Waals surface area contributed by atoms with Crippen LogP contribution in [0.25, 0.3) is 11.1 Å². The summed E-state index contributed by atoms with van der Waals surface area (Å²) < 4.78 is 38.7. The number of carboxylic acids is 1. The van der Waals surface area contributed by atoms with Gasteiger partial charge in [-0.05, 0) is 28.7 Å². The van der Waals surface area contributed by atoms with E-state index in [4.69, 9.17) is 14.6 Å². The lowest BCUT2D eigenvalue weighted by molar-refractivity contribution is -0.150. The molecule has 0 saturated carbocycles. The Morgan fingerprint density at radius 2 is 1.65 bits per heavy atom. The van der Waals surface area contributed by atoms with Crippen molar-refractivity contribution in [1.82, 2.24) is 10.6 Å². The smallest absolute Gasteiger partial charge is 0.407 e. The molecule has 2 aromatic carbocycles. The van der Waals surface area contributed by atoms with E-state index in [0.29, 0.717) is 6.42 Å². The highest BCUT2D eigenvalue weighted by Gasteiger charge is 2.41. The minimum atomic E-state index is -3.90. The molecule has 1 aliphatic heterocycles. The molecule has 4 rings (SSSR count). The van der Waals surface area contributed by atoms with Gasteiger partial charge in [-0.2, -0.15) is 8.78 Å². The third kappa shape index (κ3) is 4.86.